The topological polar surface area (TPSA) is 0 Å². The normalized spacial score (nSPS) is 31.1. The molecule has 0 saturated heterocycles. The summed E-state index contributed by atoms with van der Waals surface area (Å²) in [5.74, 6) is 1.97. The van der Waals surface area contributed by atoms with Crippen LogP contribution < -0.4 is 0 Å². The van der Waals surface area contributed by atoms with Crippen molar-refractivity contribution in [3.8, 4) is 0 Å². The molecule has 1 aliphatic carbocycles. The molecular weight excluding hydrogens is 168 g/mol. The fraction of sp³-hybridized carbons (Fsp3) is 1.00. The Kier molecular flexibility index (Phi) is 4.47. The quantitative estimate of drug-likeness (QED) is 0.501. The van der Waals surface area contributed by atoms with Crippen LogP contribution in [0, 0.1) is 17.3 Å². The molecule has 2 atom stereocenters. The summed E-state index contributed by atoms with van der Waals surface area (Å²) in [6.45, 7) is 9.48. The molecule has 0 heteroatoms. The molecule has 0 amide bonds. The third-order valence-electron chi connectivity index (χ3n) is 3.95. The first-order valence-electron chi connectivity index (χ1n) is 6.58. The number of hydrogen-bond acceptors (Lipinski definition) is 0. The second-order valence-corrected chi connectivity index (χ2v) is 5.98. The van der Waals surface area contributed by atoms with Crippen molar-refractivity contribution in [3.05, 3.63) is 0 Å². The lowest BCUT2D eigenvalue weighted by atomic mass is 9.95. The molecule has 1 fully saturated rings. The summed E-state index contributed by atoms with van der Waals surface area (Å²) in [5.41, 5.74) is 0.757. The molecular formula is C14H28. The molecule has 2 unspecified atom stereocenters. The molecule has 0 aromatic carbocycles. The van der Waals surface area contributed by atoms with Gasteiger partial charge in [-0.15, -0.1) is 0 Å². The Morgan fingerprint density at radius 2 is 2.00 bits per heavy atom. The summed E-state index contributed by atoms with van der Waals surface area (Å²) in [5, 5.41) is 0. The van der Waals surface area contributed by atoms with Gasteiger partial charge in [0, 0.05) is 0 Å². The van der Waals surface area contributed by atoms with E-state index in [2.05, 4.69) is 27.7 Å². The number of unbranched alkanes of at least 4 members (excludes halogenated alkanes) is 1. The van der Waals surface area contributed by atoms with Gasteiger partial charge in [-0.25, -0.2) is 0 Å². The monoisotopic (exact) mass is 196 g/mol. The molecule has 0 N–H and O–H groups in total. The van der Waals surface area contributed by atoms with Crippen LogP contribution in [0.25, 0.3) is 0 Å². The molecule has 1 rings (SSSR count). The van der Waals surface area contributed by atoms with Crippen LogP contribution in [-0.2, 0) is 0 Å². The Bertz CT molecular complexity index is 159. The van der Waals surface area contributed by atoms with Crippen LogP contribution in [0.15, 0.2) is 0 Å². The van der Waals surface area contributed by atoms with Gasteiger partial charge in [0.1, 0.15) is 0 Å². The summed E-state index contributed by atoms with van der Waals surface area (Å²) in [7, 11) is 0. The molecule has 0 spiro atoms. The highest BCUT2D eigenvalue weighted by molar-refractivity contribution is 4.97. The van der Waals surface area contributed by atoms with Crippen molar-refractivity contribution in [3.63, 3.8) is 0 Å². The number of rotatable bonds is 7. The Morgan fingerprint density at radius 3 is 2.57 bits per heavy atom. The van der Waals surface area contributed by atoms with Crippen molar-refractivity contribution in [1.29, 1.82) is 0 Å². The minimum Gasteiger partial charge on any atom is -0.0654 e. The molecule has 84 valence electrons. The van der Waals surface area contributed by atoms with Crippen molar-refractivity contribution in [1.82, 2.24) is 0 Å². The van der Waals surface area contributed by atoms with E-state index >= 15 is 0 Å². The highest BCUT2D eigenvalue weighted by Crippen LogP contribution is 2.57. The zero-order valence-electron chi connectivity index (χ0n) is 10.6. The van der Waals surface area contributed by atoms with Gasteiger partial charge >= 0.3 is 0 Å². The van der Waals surface area contributed by atoms with Gasteiger partial charge in [-0.2, -0.15) is 0 Å². The second-order valence-electron chi connectivity index (χ2n) is 5.98. The van der Waals surface area contributed by atoms with Crippen molar-refractivity contribution in [2.75, 3.05) is 0 Å². The van der Waals surface area contributed by atoms with Gasteiger partial charge in [0.15, 0.2) is 0 Å². The first-order valence-corrected chi connectivity index (χ1v) is 6.58. The molecule has 14 heavy (non-hydrogen) atoms. The van der Waals surface area contributed by atoms with Crippen LogP contribution in [0.4, 0.5) is 0 Å². The molecule has 0 nitrogen and oxygen atoms in total. The van der Waals surface area contributed by atoms with Crippen molar-refractivity contribution >= 4 is 0 Å². The molecule has 0 bridgehead atoms. The highest BCUT2D eigenvalue weighted by atomic mass is 14.5. The first-order chi connectivity index (χ1) is 6.58. The maximum Gasteiger partial charge on any atom is -0.0294 e. The largest absolute Gasteiger partial charge is 0.0654 e. The highest BCUT2D eigenvalue weighted by Gasteiger charge is 2.47. The van der Waals surface area contributed by atoms with E-state index in [0.29, 0.717) is 0 Å². The molecule has 0 aliphatic heterocycles. The van der Waals surface area contributed by atoms with Gasteiger partial charge in [0.25, 0.3) is 0 Å². The summed E-state index contributed by atoms with van der Waals surface area (Å²) in [6, 6.07) is 0. The average molecular weight is 196 g/mol. The molecule has 0 radical (unpaired) electrons. The van der Waals surface area contributed by atoms with E-state index in [-0.39, 0.29) is 0 Å². The SMILES string of the molecule is CCCC1CC1(C)CCCCC(C)C. The van der Waals surface area contributed by atoms with Crippen LogP contribution >= 0.6 is 0 Å². The summed E-state index contributed by atoms with van der Waals surface area (Å²) in [4.78, 5) is 0. The van der Waals surface area contributed by atoms with Crippen LogP contribution in [0.1, 0.15) is 72.6 Å². The predicted molar refractivity (Wildman–Crippen MR) is 64.4 cm³/mol. The Hall–Kier alpha value is 0. The third kappa shape index (κ3) is 3.63. The Labute approximate surface area is 90.5 Å². The minimum absolute atomic E-state index is 0.757. The molecule has 0 heterocycles. The van der Waals surface area contributed by atoms with Crippen LogP contribution in [0.3, 0.4) is 0 Å². The zero-order chi connectivity index (χ0) is 10.6. The summed E-state index contributed by atoms with van der Waals surface area (Å²) in [6.07, 6.45) is 10.2. The standard InChI is InChI=1S/C14H28/c1-5-8-13-11-14(13,4)10-7-6-9-12(2)3/h12-13H,5-11H2,1-4H3. The van der Waals surface area contributed by atoms with Crippen molar-refractivity contribution in [2.45, 2.75) is 72.6 Å². The number of hydrogen-bond donors (Lipinski definition) is 0. The van der Waals surface area contributed by atoms with Gasteiger partial charge in [-0.05, 0) is 30.1 Å². The predicted octanol–water partition coefficient (Wildman–Crippen LogP) is 5.03. The maximum atomic E-state index is 2.50. The van der Waals surface area contributed by atoms with E-state index in [1.807, 2.05) is 0 Å². The summed E-state index contributed by atoms with van der Waals surface area (Å²) >= 11 is 0. The maximum absolute atomic E-state index is 2.50. The van der Waals surface area contributed by atoms with Gasteiger partial charge in [-0.1, -0.05) is 59.8 Å². The van der Waals surface area contributed by atoms with E-state index in [0.717, 1.165) is 17.3 Å². The molecule has 0 aromatic rings. The second kappa shape index (κ2) is 5.19. The van der Waals surface area contributed by atoms with E-state index < -0.39 is 0 Å². The van der Waals surface area contributed by atoms with Gasteiger partial charge < -0.3 is 0 Å². The van der Waals surface area contributed by atoms with Crippen LogP contribution in [0.2, 0.25) is 0 Å². The zero-order valence-corrected chi connectivity index (χ0v) is 10.6. The molecule has 1 aliphatic rings. The lowest BCUT2D eigenvalue weighted by Crippen LogP contribution is -1.98. The van der Waals surface area contributed by atoms with E-state index in [4.69, 9.17) is 0 Å². The lowest BCUT2D eigenvalue weighted by Gasteiger charge is -2.11. The minimum atomic E-state index is 0.757. The Morgan fingerprint density at radius 1 is 1.29 bits per heavy atom. The average Bonchev–Trinajstić information content (AvgIpc) is 2.72. The fourth-order valence-corrected chi connectivity index (χ4v) is 2.69. The van der Waals surface area contributed by atoms with Crippen LogP contribution in [-0.4, -0.2) is 0 Å². The van der Waals surface area contributed by atoms with E-state index in [1.54, 1.807) is 0 Å². The smallest absolute Gasteiger partial charge is 0.0294 e. The van der Waals surface area contributed by atoms with Crippen molar-refractivity contribution in [2.24, 2.45) is 17.3 Å². The van der Waals surface area contributed by atoms with Gasteiger partial charge in [0.05, 0.1) is 0 Å². The fourth-order valence-electron chi connectivity index (χ4n) is 2.69. The van der Waals surface area contributed by atoms with E-state index in [1.165, 1.54) is 44.9 Å². The Balaban J connectivity index is 2.02. The van der Waals surface area contributed by atoms with Crippen LogP contribution in [0.5, 0.6) is 0 Å². The first kappa shape index (κ1) is 12.1. The van der Waals surface area contributed by atoms with Gasteiger partial charge in [0.2, 0.25) is 0 Å². The summed E-state index contributed by atoms with van der Waals surface area (Å²) < 4.78 is 0. The lowest BCUT2D eigenvalue weighted by molar-refractivity contribution is 0.408. The molecule has 0 aromatic heterocycles. The van der Waals surface area contributed by atoms with Gasteiger partial charge in [-0.3, -0.25) is 0 Å². The van der Waals surface area contributed by atoms with E-state index in [9.17, 15) is 0 Å². The van der Waals surface area contributed by atoms with Crippen molar-refractivity contribution < 1.29 is 0 Å². The third-order valence-corrected chi connectivity index (χ3v) is 3.95. The molecule has 1 saturated carbocycles.